The van der Waals surface area contributed by atoms with Gasteiger partial charge in [0.25, 0.3) is 0 Å². The Morgan fingerprint density at radius 2 is 2.19 bits per heavy atom. The van der Waals surface area contributed by atoms with Gasteiger partial charge in [0.1, 0.15) is 6.61 Å². The molecule has 2 N–H and O–H groups in total. The Kier molecular flexibility index (Phi) is 4.42. The quantitative estimate of drug-likeness (QED) is 0.431. The van der Waals surface area contributed by atoms with Gasteiger partial charge in [0.05, 0.1) is 19.1 Å². The van der Waals surface area contributed by atoms with Gasteiger partial charge < -0.3 is 19.9 Å². The van der Waals surface area contributed by atoms with Crippen LogP contribution in [0, 0.1) is 6.92 Å². The molecule has 0 atom stereocenters. The van der Waals surface area contributed by atoms with Crippen molar-refractivity contribution in [2.75, 3.05) is 23.8 Å². The van der Waals surface area contributed by atoms with Crippen molar-refractivity contribution in [2.45, 2.75) is 17.8 Å². The lowest BCUT2D eigenvalue weighted by atomic mass is 10.1. The largest absolute Gasteiger partial charge is 0.498 e. The molecule has 0 aliphatic carbocycles. The average Bonchev–Trinajstić information content (AvgIpc) is 3.04. The zero-order chi connectivity index (χ0) is 18.1. The molecule has 2 aromatic heterocycles. The molecule has 0 spiro atoms. The zero-order valence-electron chi connectivity index (χ0n) is 14.7. The summed E-state index contributed by atoms with van der Waals surface area (Å²) in [5, 5.41) is 0.718. The molecular weight excluding hydrogens is 348 g/mol. The Morgan fingerprint density at radius 3 is 2.96 bits per heavy atom. The molecule has 0 fully saturated rings. The first kappa shape index (κ1) is 16.7. The number of imidazole rings is 1. The lowest BCUT2D eigenvalue weighted by molar-refractivity contribution is 0.245. The number of benzene rings is 1. The van der Waals surface area contributed by atoms with Crippen molar-refractivity contribution in [3.63, 3.8) is 0 Å². The Labute approximate surface area is 155 Å². The minimum absolute atomic E-state index is 0.625. The van der Waals surface area contributed by atoms with Crippen molar-refractivity contribution in [3.8, 4) is 0 Å². The summed E-state index contributed by atoms with van der Waals surface area (Å²) < 4.78 is 7.20. The molecule has 0 saturated heterocycles. The van der Waals surface area contributed by atoms with Gasteiger partial charge in [-0.05, 0) is 24.1 Å². The van der Waals surface area contributed by atoms with Crippen molar-refractivity contribution in [1.29, 1.82) is 0 Å². The Morgan fingerprint density at radius 1 is 1.31 bits per heavy atom. The number of hydrogen-bond donors (Lipinski definition) is 1. The van der Waals surface area contributed by atoms with Gasteiger partial charge in [0.2, 0.25) is 0 Å². The van der Waals surface area contributed by atoms with Crippen LogP contribution in [-0.4, -0.2) is 32.7 Å². The second-order valence-electron chi connectivity index (χ2n) is 6.19. The molecule has 1 aliphatic rings. The van der Waals surface area contributed by atoms with Crippen LogP contribution >= 0.6 is 11.8 Å². The number of ether oxygens (including phenoxy) is 1. The van der Waals surface area contributed by atoms with E-state index in [1.165, 1.54) is 0 Å². The van der Waals surface area contributed by atoms with E-state index in [-0.39, 0.29) is 0 Å². The van der Waals surface area contributed by atoms with E-state index < -0.39 is 0 Å². The standard InChI is InChI=1S/C18H20N6OS/c1-12-3-4-13(9-14(12)19)10-26-18-21-16-15(20-11-23(16)2)17(22-18)24-5-7-25-8-6-24/h3-5,7,9,11H,6,8,10,19H2,1-2H3. The van der Waals surface area contributed by atoms with Crippen LogP contribution in [-0.2, 0) is 17.5 Å². The van der Waals surface area contributed by atoms with Crippen LogP contribution < -0.4 is 10.6 Å². The van der Waals surface area contributed by atoms with E-state index in [2.05, 4.69) is 20.9 Å². The van der Waals surface area contributed by atoms with Crippen molar-refractivity contribution in [2.24, 2.45) is 7.05 Å². The maximum absolute atomic E-state index is 6.01. The first-order valence-corrected chi connectivity index (χ1v) is 9.32. The van der Waals surface area contributed by atoms with Gasteiger partial charge in [-0.25, -0.2) is 15.0 Å². The van der Waals surface area contributed by atoms with E-state index in [1.807, 2.05) is 36.9 Å². The maximum atomic E-state index is 6.01. The minimum atomic E-state index is 0.625. The van der Waals surface area contributed by atoms with E-state index in [0.717, 1.165) is 51.3 Å². The van der Waals surface area contributed by atoms with Gasteiger partial charge >= 0.3 is 0 Å². The smallest absolute Gasteiger partial charge is 0.191 e. The summed E-state index contributed by atoms with van der Waals surface area (Å²) in [6, 6.07) is 6.14. The molecule has 0 saturated carbocycles. The number of rotatable bonds is 4. The topological polar surface area (TPSA) is 82.1 Å². The predicted octanol–water partition coefficient (Wildman–Crippen LogP) is 2.85. The van der Waals surface area contributed by atoms with Crippen LogP contribution in [0.1, 0.15) is 11.1 Å². The van der Waals surface area contributed by atoms with Crippen LogP contribution in [0.25, 0.3) is 11.2 Å². The van der Waals surface area contributed by atoms with Crippen LogP contribution in [0.3, 0.4) is 0 Å². The number of fused-ring (bicyclic) bond motifs is 1. The lowest BCUT2D eigenvalue weighted by Gasteiger charge is -2.22. The normalized spacial score (nSPS) is 14.0. The molecule has 0 unspecified atom stereocenters. The van der Waals surface area contributed by atoms with Gasteiger partial charge in [0, 0.05) is 24.7 Å². The van der Waals surface area contributed by atoms with Crippen molar-refractivity contribution < 1.29 is 4.74 Å². The SMILES string of the molecule is Cc1ccc(CSc2nc(N3C=COCC3)c3ncn(C)c3n2)cc1N. The first-order valence-electron chi connectivity index (χ1n) is 8.33. The maximum Gasteiger partial charge on any atom is 0.191 e. The third kappa shape index (κ3) is 3.20. The van der Waals surface area contributed by atoms with Gasteiger partial charge in [-0.15, -0.1) is 0 Å². The fourth-order valence-electron chi connectivity index (χ4n) is 2.75. The van der Waals surface area contributed by atoms with E-state index in [0.29, 0.717) is 6.61 Å². The highest BCUT2D eigenvalue weighted by Crippen LogP contribution is 2.29. The van der Waals surface area contributed by atoms with Crippen molar-refractivity contribution in [1.82, 2.24) is 19.5 Å². The summed E-state index contributed by atoms with van der Waals surface area (Å²) in [4.78, 5) is 16.0. The molecule has 26 heavy (non-hydrogen) atoms. The highest BCUT2D eigenvalue weighted by atomic mass is 32.2. The van der Waals surface area contributed by atoms with E-state index in [9.17, 15) is 0 Å². The third-order valence-corrected chi connectivity index (χ3v) is 5.21. The number of nitrogens with zero attached hydrogens (tertiary/aromatic N) is 5. The molecule has 0 bridgehead atoms. The first-order chi connectivity index (χ1) is 12.6. The molecule has 3 heterocycles. The molecule has 3 aromatic rings. The second kappa shape index (κ2) is 6.87. The Balaban J connectivity index is 1.66. The van der Waals surface area contributed by atoms with Gasteiger partial charge in [-0.1, -0.05) is 23.9 Å². The monoisotopic (exact) mass is 368 g/mol. The molecule has 4 rings (SSSR count). The zero-order valence-corrected chi connectivity index (χ0v) is 15.5. The molecule has 1 aromatic carbocycles. The summed E-state index contributed by atoms with van der Waals surface area (Å²) in [6.07, 6.45) is 5.33. The third-order valence-electron chi connectivity index (χ3n) is 4.29. The number of hydrogen-bond acceptors (Lipinski definition) is 7. The number of nitrogen functional groups attached to an aromatic ring is 1. The number of thioether (sulfide) groups is 1. The Hall–Kier alpha value is -2.74. The van der Waals surface area contributed by atoms with Crippen molar-refractivity contribution in [3.05, 3.63) is 48.1 Å². The van der Waals surface area contributed by atoms with Gasteiger partial charge in [0.15, 0.2) is 22.1 Å². The summed E-state index contributed by atoms with van der Waals surface area (Å²) in [7, 11) is 1.94. The molecular formula is C18H20N6OS. The predicted molar refractivity (Wildman–Crippen MR) is 104 cm³/mol. The van der Waals surface area contributed by atoms with Crippen LogP contribution in [0.15, 0.2) is 42.1 Å². The number of aromatic nitrogens is 4. The lowest BCUT2D eigenvalue weighted by Crippen LogP contribution is -2.25. The Bertz CT molecular complexity index is 983. The summed E-state index contributed by atoms with van der Waals surface area (Å²) in [5.41, 5.74) is 10.7. The highest BCUT2D eigenvalue weighted by Gasteiger charge is 2.18. The molecule has 0 radical (unpaired) electrons. The average molecular weight is 368 g/mol. The molecule has 134 valence electrons. The summed E-state index contributed by atoms with van der Waals surface area (Å²) in [5.74, 6) is 1.56. The molecule has 1 aliphatic heterocycles. The van der Waals surface area contributed by atoms with Crippen LogP contribution in [0.4, 0.5) is 11.5 Å². The van der Waals surface area contributed by atoms with Gasteiger partial charge in [-0.2, -0.15) is 0 Å². The van der Waals surface area contributed by atoms with Crippen LogP contribution in [0.5, 0.6) is 0 Å². The van der Waals surface area contributed by atoms with Gasteiger partial charge in [-0.3, -0.25) is 0 Å². The fraction of sp³-hybridized carbons (Fsp3) is 0.278. The summed E-state index contributed by atoms with van der Waals surface area (Å²) in [6.45, 7) is 3.37. The minimum Gasteiger partial charge on any atom is -0.498 e. The molecule has 0 amide bonds. The van der Waals surface area contributed by atoms with Crippen molar-refractivity contribution >= 4 is 34.4 Å². The number of nitrogens with two attached hydrogens (primary N) is 1. The van der Waals surface area contributed by atoms with Crippen LogP contribution in [0.2, 0.25) is 0 Å². The van der Waals surface area contributed by atoms with E-state index in [1.54, 1.807) is 24.4 Å². The second-order valence-corrected chi connectivity index (χ2v) is 7.13. The number of aryl methyl sites for hydroxylation is 2. The van der Waals surface area contributed by atoms with E-state index >= 15 is 0 Å². The molecule has 7 nitrogen and oxygen atoms in total. The fourth-order valence-corrected chi connectivity index (χ4v) is 3.53. The highest BCUT2D eigenvalue weighted by molar-refractivity contribution is 7.98. The summed E-state index contributed by atoms with van der Waals surface area (Å²) >= 11 is 1.59. The number of anilines is 2. The van der Waals surface area contributed by atoms with E-state index in [4.69, 9.17) is 15.5 Å². The molecule has 8 heteroatoms.